The first-order valence-electron chi connectivity index (χ1n) is 7.24. The molecule has 116 valence electrons. The van der Waals surface area contributed by atoms with Crippen LogP contribution in [0.4, 0.5) is 0 Å². The number of H-pyrrole nitrogens is 1. The number of carbonyl (C=O) groups is 1. The van der Waals surface area contributed by atoms with E-state index < -0.39 is 0 Å². The predicted molar refractivity (Wildman–Crippen MR) is 85.0 cm³/mol. The molecule has 0 unspecified atom stereocenters. The molecule has 0 atom stereocenters. The van der Waals surface area contributed by atoms with Crippen molar-refractivity contribution < 1.29 is 9.53 Å². The SMILES string of the molecule is CC(C)COc1c[nH]c(CNC(=O)c2ccccc2)cc1=O. The summed E-state index contributed by atoms with van der Waals surface area (Å²) in [6.45, 7) is 4.78. The maximum absolute atomic E-state index is 11.9. The number of nitrogens with one attached hydrogen (secondary N) is 2. The van der Waals surface area contributed by atoms with E-state index in [1.54, 1.807) is 24.3 Å². The first kappa shape index (κ1) is 15.8. The summed E-state index contributed by atoms with van der Waals surface area (Å²) in [6, 6.07) is 10.4. The van der Waals surface area contributed by atoms with Crippen LogP contribution < -0.4 is 15.5 Å². The summed E-state index contributed by atoms with van der Waals surface area (Å²) in [5.41, 5.74) is 1.02. The minimum absolute atomic E-state index is 0.179. The van der Waals surface area contributed by atoms with Crippen molar-refractivity contribution in [2.45, 2.75) is 20.4 Å². The molecule has 1 heterocycles. The molecular weight excluding hydrogens is 280 g/mol. The molecule has 0 saturated heterocycles. The molecule has 0 saturated carbocycles. The van der Waals surface area contributed by atoms with Crippen LogP contribution in [-0.2, 0) is 6.54 Å². The third kappa shape index (κ3) is 4.48. The summed E-state index contributed by atoms with van der Waals surface area (Å²) < 4.78 is 5.42. The molecule has 0 radical (unpaired) electrons. The Balaban J connectivity index is 1.95. The van der Waals surface area contributed by atoms with E-state index in [-0.39, 0.29) is 17.9 Å². The van der Waals surface area contributed by atoms with Gasteiger partial charge in [-0.25, -0.2) is 0 Å². The van der Waals surface area contributed by atoms with Gasteiger partial charge in [-0.1, -0.05) is 32.0 Å². The van der Waals surface area contributed by atoms with Crippen LogP contribution in [0.5, 0.6) is 5.75 Å². The van der Waals surface area contributed by atoms with Gasteiger partial charge in [0.1, 0.15) is 0 Å². The quantitative estimate of drug-likeness (QED) is 0.860. The van der Waals surface area contributed by atoms with Crippen molar-refractivity contribution in [3.05, 3.63) is 64.1 Å². The van der Waals surface area contributed by atoms with Crippen LogP contribution in [0.2, 0.25) is 0 Å². The van der Waals surface area contributed by atoms with Crippen LogP contribution in [0.15, 0.2) is 47.4 Å². The number of amides is 1. The number of carbonyl (C=O) groups excluding carboxylic acids is 1. The lowest BCUT2D eigenvalue weighted by molar-refractivity contribution is 0.0950. The Bertz CT molecular complexity index is 678. The van der Waals surface area contributed by atoms with Crippen molar-refractivity contribution in [2.75, 3.05) is 6.61 Å². The number of aromatic amines is 1. The van der Waals surface area contributed by atoms with Gasteiger partial charge < -0.3 is 15.0 Å². The Labute approximate surface area is 129 Å². The van der Waals surface area contributed by atoms with Crippen LogP contribution >= 0.6 is 0 Å². The first-order chi connectivity index (χ1) is 10.6. The molecule has 2 aromatic rings. The van der Waals surface area contributed by atoms with Gasteiger partial charge in [-0.3, -0.25) is 9.59 Å². The van der Waals surface area contributed by atoms with Crippen LogP contribution in [0, 0.1) is 5.92 Å². The number of hydrogen-bond acceptors (Lipinski definition) is 3. The van der Waals surface area contributed by atoms with Gasteiger partial charge in [-0.2, -0.15) is 0 Å². The maximum atomic E-state index is 11.9. The summed E-state index contributed by atoms with van der Waals surface area (Å²) in [5, 5.41) is 2.76. The topological polar surface area (TPSA) is 71.2 Å². The average Bonchev–Trinajstić information content (AvgIpc) is 2.52. The van der Waals surface area contributed by atoms with Crippen molar-refractivity contribution in [1.82, 2.24) is 10.3 Å². The highest BCUT2D eigenvalue weighted by atomic mass is 16.5. The standard InChI is InChI=1S/C17H20N2O3/c1-12(2)11-22-16-10-18-14(8-15(16)20)9-19-17(21)13-6-4-3-5-7-13/h3-8,10,12H,9,11H2,1-2H3,(H,18,20)(H,19,21). The van der Waals surface area contributed by atoms with E-state index >= 15 is 0 Å². The van der Waals surface area contributed by atoms with Gasteiger partial charge in [-0.15, -0.1) is 0 Å². The smallest absolute Gasteiger partial charge is 0.251 e. The predicted octanol–water partition coefficient (Wildman–Crippen LogP) is 2.34. The molecule has 22 heavy (non-hydrogen) atoms. The van der Waals surface area contributed by atoms with E-state index in [0.717, 1.165) is 0 Å². The summed E-state index contributed by atoms with van der Waals surface area (Å²) in [7, 11) is 0. The number of pyridine rings is 1. The van der Waals surface area contributed by atoms with Gasteiger partial charge in [0, 0.05) is 23.5 Å². The fourth-order valence-corrected chi connectivity index (χ4v) is 1.84. The van der Waals surface area contributed by atoms with E-state index in [1.165, 1.54) is 12.3 Å². The Morgan fingerprint density at radius 2 is 2.00 bits per heavy atom. The Morgan fingerprint density at radius 3 is 2.64 bits per heavy atom. The van der Waals surface area contributed by atoms with Crippen molar-refractivity contribution in [3.8, 4) is 5.75 Å². The Kier molecular flexibility index (Phi) is 5.36. The zero-order chi connectivity index (χ0) is 15.9. The monoisotopic (exact) mass is 300 g/mol. The van der Waals surface area contributed by atoms with E-state index in [4.69, 9.17) is 4.74 Å². The molecule has 2 rings (SSSR count). The fraction of sp³-hybridized carbons (Fsp3) is 0.294. The third-order valence-corrected chi connectivity index (χ3v) is 2.98. The van der Waals surface area contributed by atoms with Gasteiger partial charge in [0.05, 0.1) is 13.2 Å². The lowest BCUT2D eigenvalue weighted by atomic mass is 10.2. The van der Waals surface area contributed by atoms with Gasteiger partial charge in [-0.05, 0) is 18.1 Å². The average molecular weight is 300 g/mol. The second-order valence-electron chi connectivity index (χ2n) is 5.44. The van der Waals surface area contributed by atoms with Gasteiger partial charge in [0.2, 0.25) is 5.43 Å². The first-order valence-corrected chi connectivity index (χ1v) is 7.24. The molecule has 5 nitrogen and oxygen atoms in total. The second-order valence-corrected chi connectivity index (χ2v) is 5.44. The molecule has 0 aliphatic carbocycles. The van der Waals surface area contributed by atoms with Gasteiger partial charge in [0.15, 0.2) is 5.75 Å². The summed E-state index contributed by atoms with van der Waals surface area (Å²) >= 11 is 0. The van der Waals surface area contributed by atoms with Crippen LogP contribution in [0.3, 0.4) is 0 Å². The minimum atomic E-state index is -0.191. The van der Waals surface area contributed by atoms with Crippen LogP contribution in [0.1, 0.15) is 29.9 Å². The van der Waals surface area contributed by atoms with E-state index in [9.17, 15) is 9.59 Å². The van der Waals surface area contributed by atoms with Gasteiger partial charge in [0.25, 0.3) is 5.91 Å². The largest absolute Gasteiger partial charge is 0.488 e. The van der Waals surface area contributed by atoms with E-state index in [0.29, 0.717) is 29.5 Å². The highest BCUT2D eigenvalue weighted by Gasteiger charge is 2.07. The second kappa shape index (κ2) is 7.45. The molecule has 2 N–H and O–H groups in total. The molecular formula is C17H20N2O3. The molecule has 0 aliphatic rings. The Hall–Kier alpha value is -2.56. The number of ether oxygens (including phenoxy) is 1. The Morgan fingerprint density at radius 1 is 1.27 bits per heavy atom. The van der Waals surface area contributed by atoms with Crippen LogP contribution in [-0.4, -0.2) is 17.5 Å². The molecule has 1 aromatic heterocycles. The molecule has 0 spiro atoms. The van der Waals surface area contributed by atoms with Crippen molar-refractivity contribution in [2.24, 2.45) is 5.92 Å². The minimum Gasteiger partial charge on any atom is -0.488 e. The van der Waals surface area contributed by atoms with Crippen LogP contribution in [0.25, 0.3) is 0 Å². The highest BCUT2D eigenvalue weighted by Crippen LogP contribution is 2.05. The number of rotatable bonds is 6. The number of aromatic nitrogens is 1. The third-order valence-electron chi connectivity index (χ3n) is 2.98. The van der Waals surface area contributed by atoms with Crippen molar-refractivity contribution >= 4 is 5.91 Å². The summed E-state index contributed by atoms with van der Waals surface area (Å²) in [5.74, 6) is 0.470. The van der Waals surface area contributed by atoms with Gasteiger partial charge >= 0.3 is 0 Å². The van der Waals surface area contributed by atoms with E-state index in [1.807, 2.05) is 19.9 Å². The molecule has 0 aliphatic heterocycles. The molecule has 1 amide bonds. The maximum Gasteiger partial charge on any atom is 0.251 e. The molecule has 0 fully saturated rings. The lowest BCUT2D eigenvalue weighted by Crippen LogP contribution is -2.24. The highest BCUT2D eigenvalue weighted by molar-refractivity contribution is 5.94. The lowest BCUT2D eigenvalue weighted by Gasteiger charge is -2.09. The molecule has 5 heteroatoms. The number of hydrogen-bond donors (Lipinski definition) is 2. The normalized spacial score (nSPS) is 10.5. The van der Waals surface area contributed by atoms with Crippen molar-refractivity contribution in [3.63, 3.8) is 0 Å². The zero-order valence-corrected chi connectivity index (χ0v) is 12.8. The summed E-state index contributed by atoms with van der Waals surface area (Å²) in [4.78, 5) is 26.8. The zero-order valence-electron chi connectivity index (χ0n) is 12.8. The summed E-state index contributed by atoms with van der Waals surface area (Å²) in [6.07, 6.45) is 1.54. The molecule has 1 aromatic carbocycles. The fourth-order valence-electron chi connectivity index (χ4n) is 1.84. The molecule has 0 bridgehead atoms. The van der Waals surface area contributed by atoms with Crippen molar-refractivity contribution in [1.29, 1.82) is 0 Å². The van der Waals surface area contributed by atoms with E-state index in [2.05, 4.69) is 10.3 Å². The number of benzene rings is 1.